The maximum absolute atomic E-state index is 9.43. The molecule has 0 aromatic heterocycles. The van der Waals surface area contributed by atoms with Gasteiger partial charge in [0, 0.05) is 0 Å². The van der Waals surface area contributed by atoms with E-state index in [1.807, 2.05) is 0 Å². The molecule has 0 saturated carbocycles. The van der Waals surface area contributed by atoms with Crippen molar-refractivity contribution in [1.82, 2.24) is 0 Å². The van der Waals surface area contributed by atoms with Crippen molar-refractivity contribution in [2.75, 3.05) is 0 Å². The van der Waals surface area contributed by atoms with Crippen LogP contribution < -0.4 is 15.3 Å². The van der Waals surface area contributed by atoms with Crippen LogP contribution >= 0.6 is 104 Å². The molecule has 0 fully saturated rings. The Bertz CT molecular complexity index is 353. The van der Waals surface area contributed by atoms with Gasteiger partial charge in [-0.1, -0.05) is 104 Å². The van der Waals surface area contributed by atoms with Gasteiger partial charge >= 0.3 is 35.6 Å². The van der Waals surface area contributed by atoms with Crippen molar-refractivity contribution < 1.29 is 79.5 Å². The molecule has 0 rings (SSSR count). The Morgan fingerprint density at radius 2 is 0.640 bits per heavy atom. The van der Waals surface area contributed by atoms with E-state index in [9.17, 15) is 29.7 Å². The summed E-state index contributed by atoms with van der Waals surface area (Å²) in [6, 6.07) is 0. The van der Waals surface area contributed by atoms with Crippen LogP contribution in [0.4, 0.5) is 14.4 Å². The average Bonchev–Trinajstić information content (AvgIpc) is 2.04. The second kappa shape index (κ2) is 15.5. The first kappa shape index (κ1) is 34.1. The van der Waals surface area contributed by atoms with Crippen molar-refractivity contribution in [1.29, 1.82) is 0 Å². The van der Waals surface area contributed by atoms with Gasteiger partial charge in [-0.15, -0.1) is 0 Å². The van der Waals surface area contributed by atoms with E-state index in [2.05, 4.69) is 14.2 Å². The third-order valence-electron chi connectivity index (χ3n) is 0.597. The van der Waals surface area contributed by atoms with Crippen molar-refractivity contribution in [2.45, 2.75) is 11.9 Å². The molecule has 0 aromatic carbocycles. The Kier molecular flexibility index (Phi) is 21.2. The van der Waals surface area contributed by atoms with Crippen LogP contribution in [0, 0.1) is 35.6 Å². The monoisotopic (exact) mass is 670 g/mol. The second-order valence-electron chi connectivity index (χ2n) is 2.39. The summed E-state index contributed by atoms with van der Waals surface area (Å²) in [5, 5.41) is 28.3. The van der Waals surface area contributed by atoms with Gasteiger partial charge in [-0.25, -0.2) is 0 Å². The molecule has 0 spiro atoms. The van der Waals surface area contributed by atoms with Gasteiger partial charge in [0.1, 0.15) is 0 Å². The van der Waals surface area contributed by atoms with Gasteiger partial charge in [-0.05, 0) is 0 Å². The van der Waals surface area contributed by atoms with Gasteiger partial charge in [0.2, 0.25) is 0 Å². The molecule has 25 heavy (non-hydrogen) atoms. The Morgan fingerprint density at radius 1 is 0.520 bits per heavy atom. The molecule has 19 heteroatoms. The predicted octanol–water partition coefficient (Wildman–Crippen LogP) is 2.02. The molecule has 0 unspecified atom stereocenters. The first-order valence-electron chi connectivity index (χ1n) is 4.15. The third kappa shape index (κ3) is 51.7. The standard InChI is InChI=1S/3C2HCl3O3.La/c3*3-2(4,5)8-1(6)7;/h3*(H,6,7);/q;;;+3/p-3. The van der Waals surface area contributed by atoms with Gasteiger partial charge in [0.25, 0.3) is 30.4 Å². The fourth-order valence-electron chi connectivity index (χ4n) is 0.283. The number of ether oxygens (including phenoxy) is 3. The van der Waals surface area contributed by atoms with Crippen molar-refractivity contribution >= 4 is 123 Å². The normalized spacial score (nSPS) is 10.4. The van der Waals surface area contributed by atoms with E-state index in [1.165, 1.54) is 0 Å². The Labute approximate surface area is 212 Å². The Morgan fingerprint density at radius 3 is 0.640 bits per heavy atom. The number of carboxylic acid groups (broad SMARTS) is 3. The minimum absolute atomic E-state index is 0. The summed E-state index contributed by atoms with van der Waals surface area (Å²) >= 11 is 43.3. The largest absolute Gasteiger partial charge is 3.00 e. The molecule has 0 saturated heterocycles. The summed E-state index contributed by atoms with van der Waals surface area (Å²) in [5.41, 5.74) is 0. The van der Waals surface area contributed by atoms with E-state index < -0.39 is 30.4 Å². The summed E-state index contributed by atoms with van der Waals surface area (Å²) in [4.78, 5) is 28.3. The molecular formula is C6Cl9LaO9. The number of hydrogen-bond donors (Lipinski definition) is 0. The molecule has 0 radical (unpaired) electrons. The van der Waals surface area contributed by atoms with Crippen LogP contribution in [0.2, 0.25) is 0 Å². The van der Waals surface area contributed by atoms with Crippen LogP contribution in [-0.4, -0.2) is 30.4 Å². The maximum atomic E-state index is 9.43. The molecule has 0 atom stereocenters. The number of halogens is 9. The van der Waals surface area contributed by atoms with Gasteiger partial charge in [-0.2, -0.15) is 0 Å². The van der Waals surface area contributed by atoms with Crippen LogP contribution in [0.3, 0.4) is 0 Å². The van der Waals surface area contributed by atoms with Crippen LogP contribution in [0.15, 0.2) is 0 Å². The molecule has 0 aliphatic heterocycles. The molecular weight excluding hydrogens is 674 g/mol. The van der Waals surface area contributed by atoms with E-state index in [4.69, 9.17) is 104 Å². The van der Waals surface area contributed by atoms with Gasteiger partial charge in [0.15, 0.2) is 0 Å². The SMILES string of the molecule is O=C([O-])OC(Cl)(Cl)Cl.O=C([O-])OC(Cl)(Cl)Cl.O=C([O-])OC(Cl)(Cl)Cl.[La+3]. The smallest absolute Gasteiger partial charge is 0.503 e. The fourth-order valence-corrected chi connectivity index (χ4v) is 0.850. The number of hydrogen-bond acceptors (Lipinski definition) is 9. The molecule has 0 amide bonds. The minimum atomic E-state index is -2.22. The first-order chi connectivity index (χ1) is 10.2. The van der Waals surface area contributed by atoms with Gasteiger partial charge < -0.3 is 43.9 Å². The zero-order valence-corrected chi connectivity index (χ0v) is 21.1. The molecule has 0 aliphatic carbocycles. The fraction of sp³-hybridized carbons (Fsp3) is 0.500. The second-order valence-corrected chi connectivity index (χ2v) is 8.92. The molecule has 0 heterocycles. The van der Waals surface area contributed by atoms with Crippen molar-refractivity contribution in [2.24, 2.45) is 0 Å². The molecule has 0 aliphatic rings. The molecule has 0 aromatic rings. The van der Waals surface area contributed by atoms with Crippen LogP contribution in [0.5, 0.6) is 0 Å². The van der Waals surface area contributed by atoms with E-state index >= 15 is 0 Å². The van der Waals surface area contributed by atoms with Crippen molar-refractivity contribution in [3.8, 4) is 0 Å². The van der Waals surface area contributed by atoms with Gasteiger partial charge in [-0.3, -0.25) is 0 Å². The molecule has 0 bridgehead atoms. The summed E-state index contributed by atoms with van der Waals surface area (Å²) in [6.45, 7) is 0. The average molecular weight is 674 g/mol. The molecule has 9 nitrogen and oxygen atoms in total. The number of rotatable bonds is 0. The number of carbonyl (C=O) groups is 3. The summed E-state index contributed by atoms with van der Waals surface area (Å²) in [5.74, 6) is 0. The summed E-state index contributed by atoms with van der Waals surface area (Å²) in [6.07, 6.45) is -5.61. The molecule has 144 valence electrons. The zero-order chi connectivity index (χ0) is 20.4. The maximum Gasteiger partial charge on any atom is 3.00 e. The number of carbonyl (C=O) groups excluding carboxylic acids is 3. The van der Waals surface area contributed by atoms with E-state index in [0.29, 0.717) is 0 Å². The van der Waals surface area contributed by atoms with Crippen LogP contribution in [0.25, 0.3) is 0 Å². The zero-order valence-electron chi connectivity index (χ0n) is 10.7. The predicted molar refractivity (Wildman–Crippen MR) is 80.3 cm³/mol. The van der Waals surface area contributed by atoms with Crippen molar-refractivity contribution in [3.63, 3.8) is 0 Å². The summed E-state index contributed by atoms with van der Waals surface area (Å²) in [7, 11) is 0. The third-order valence-corrected chi connectivity index (χ3v) is 1.29. The Hall–Kier alpha value is 1.61. The quantitative estimate of drug-likeness (QED) is 0.214. The van der Waals surface area contributed by atoms with Crippen LogP contribution in [-0.2, 0) is 14.2 Å². The summed E-state index contributed by atoms with van der Waals surface area (Å²) < 4.78 is 3.95. The van der Waals surface area contributed by atoms with Gasteiger partial charge in [0.05, 0.1) is 0 Å². The van der Waals surface area contributed by atoms with Crippen LogP contribution in [0.1, 0.15) is 0 Å². The first-order valence-corrected chi connectivity index (χ1v) is 7.55. The number of alkyl halides is 9. The minimum Gasteiger partial charge on any atom is -0.503 e. The van der Waals surface area contributed by atoms with E-state index in [-0.39, 0.29) is 35.6 Å². The van der Waals surface area contributed by atoms with E-state index in [1.54, 1.807) is 0 Å². The topological polar surface area (TPSA) is 148 Å². The molecule has 0 N–H and O–H groups in total. The Balaban J connectivity index is -0.000000130. The van der Waals surface area contributed by atoms with Crippen molar-refractivity contribution in [3.05, 3.63) is 0 Å². The van der Waals surface area contributed by atoms with E-state index in [0.717, 1.165) is 0 Å².